The van der Waals surface area contributed by atoms with E-state index in [9.17, 15) is 4.79 Å². The quantitative estimate of drug-likeness (QED) is 0.638. The smallest absolute Gasteiger partial charge is 0.276 e. The highest BCUT2D eigenvalue weighted by Gasteiger charge is 2.18. The van der Waals surface area contributed by atoms with Crippen LogP contribution in [0.1, 0.15) is 32.5 Å². The summed E-state index contributed by atoms with van der Waals surface area (Å²) in [6, 6.07) is 11.9. The zero-order chi connectivity index (χ0) is 18.5. The first kappa shape index (κ1) is 18.3. The molecule has 7 heteroatoms. The van der Waals surface area contributed by atoms with Gasteiger partial charge in [0.15, 0.2) is 11.5 Å². The summed E-state index contributed by atoms with van der Waals surface area (Å²) in [6.07, 6.45) is 0. The summed E-state index contributed by atoms with van der Waals surface area (Å²) in [5, 5.41) is 6.89. The van der Waals surface area contributed by atoms with Crippen molar-refractivity contribution in [3.63, 3.8) is 0 Å². The van der Waals surface area contributed by atoms with Crippen LogP contribution in [0.25, 0.3) is 0 Å². The number of nitrogens with zero attached hydrogens (tertiary/aromatic N) is 4. The van der Waals surface area contributed by atoms with E-state index in [1.54, 1.807) is 29.4 Å². The molecule has 2 heterocycles. The summed E-state index contributed by atoms with van der Waals surface area (Å²) >= 11 is 1.58. The highest BCUT2D eigenvalue weighted by Crippen LogP contribution is 2.14. The number of aryl methyl sites for hydroxylation is 1. The second-order valence-electron chi connectivity index (χ2n) is 6.36. The molecule has 1 amide bonds. The van der Waals surface area contributed by atoms with Crippen molar-refractivity contribution < 1.29 is 9.32 Å². The molecule has 0 bridgehead atoms. The molecule has 0 saturated carbocycles. The molecule has 1 aromatic carbocycles. The highest BCUT2D eigenvalue weighted by atomic mass is 32.1. The standard InChI is InChI=1S/C19H22N4O2S/c1-14-20-16(13-26-14)11-23(3)19(24)18-9-17(25-21-18)12-22(2)10-15-7-5-4-6-8-15/h4-9,13H,10-12H2,1-3H3. The summed E-state index contributed by atoms with van der Waals surface area (Å²) in [7, 11) is 3.75. The fourth-order valence-corrected chi connectivity index (χ4v) is 3.30. The summed E-state index contributed by atoms with van der Waals surface area (Å²) in [5.74, 6) is 0.501. The van der Waals surface area contributed by atoms with Crippen LogP contribution in [-0.4, -0.2) is 39.9 Å². The third kappa shape index (κ3) is 4.77. The van der Waals surface area contributed by atoms with Gasteiger partial charge in [0.2, 0.25) is 0 Å². The number of thiazole rings is 1. The number of rotatable bonds is 7. The Morgan fingerprint density at radius 1 is 1.15 bits per heavy atom. The molecule has 136 valence electrons. The van der Waals surface area contributed by atoms with Gasteiger partial charge in [-0.25, -0.2) is 4.98 Å². The van der Waals surface area contributed by atoms with Crippen LogP contribution in [0.2, 0.25) is 0 Å². The molecule has 0 aliphatic heterocycles. The molecule has 3 aromatic rings. The minimum absolute atomic E-state index is 0.170. The molecule has 0 N–H and O–H groups in total. The van der Waals surface area contributed by atoms with Crippen LogP contribution in [0.4, 0.5) is 0 Å². The predicted molar refractivity (Wildman–Crippen MR) is 101 cm³/mol. The third-order valence-corrected chi connectivity index (χ3v) is 4.73. The number of amides is 1. The number of aromatic nitrogens is 2. The van der Waals surface area contributed by atoms with Gasteiger partial charge < -0.3 is 9.42 Å². The molecule has 6 nitrogen and oxygen atoms in total. The average Bonchev–Trinajstić information content (AvgIpc) is 3.24. The van der Waals surface area contributed by atoms with Gasteiger partial charge >= 0.3 is 0 Å². The molecule has 0 unspecified atom stereocenters. The van der Waals surface area contributed by atoms with Crippen LogP contribution < -0.4 is 0 Å². The van der Waals surface area contributed by atoms with Crippen molar-refractivity contribution in [3.8, 4) is 0 Å². The van der Waals surface area contributed by atoms with E-state index in [1.165, 1.54) is 5.56 Å². The van der Waals surface area contributed by atoms with Crippen LogP contribution in [0.5, 0.6) is 0 Å². The maximum absolute atomic E-state index is 12.5. The SMILES string of the molecule is Cc1nc(CN(C)C(=O)c2cc(CN(C)Cc3ccccc3)on2)cs1. The van der Waals surface area contributed by atoms with Gasteiger partial charge in [-0.15, -0.1) is 11.3 Å². The summed E-state index contributed by atoms with van der Waals surface area (Å²) in [5.41, 5.74) is 2.43. The molecule has 0 radical (unpaired) electrons. The number of benzene rings is 1. The van der Waals surface area contributed by atoms with Crippen molar-refractivity contribution in [1.29, 1.82) is 0 Å². The lowest BCUT2D eigenvalue weighted by atomic mass is 10.2. The maximum Gasteiger partial charge on any atom is 0.276 e. The number of hydrogen-bond donors (Lipinski definition) is 0. The fourth-order valence-electron chi connectivity index (χ4n) is 2.70. The third-order valence-electron chi connectivity index (χ3n) is 3.91. The Kier molecular flexibility index (Phi) is 5.80. The Balaban J connectivity index is 1.57. The van der Waals surface area contributed by atoms with Crippen LogP contribution in [-0.2, 0) is 19.6 Å². The zero-order valence-corrected chi connectivity index (χ0v) is 16.0. The molecule has 0 saturated heterocycles. The lowest BCUT2D eigenvalue weighted by molar-refractivity contribution is 0.0773. The Bertz CT molecular complexity index is 859. The van der Waals surface area contributed by atoms with Gasteiger partial charge in [-0.2, -0.15) is 0 Å². The minimum Gasteiger partial charge on any atom is -0.359 e. The number of hydrogen-bond acceptors (Lipinski definition) is 6. The van der Waals surface area contributed by atoms with Gasteiger partial charge in [-0.1, -0.05) is 35.5 Å². The maximum atomic E-state index is 12.5. The lowest BCUT2D eigenvalue weighted by Crippen LogP contribution is -2.26. The summed E-state index contributed by atoms with van der Waals surface area (Å²) in [6.45, 7) is 3.79. The van der Waals surface area contributed by atoms with Crippen LogP contribution in [0, 0.1) is 6.92 Å². The Morgan fingerprint density at radius 2 is 1.92 bits per heavy atom. The van der Waals surface area contributed by atoms with E-state index >= 15 is 0 Å². The first-order chi connectivity index (χ1) is 12.5. The molecule has 0 spiro atoms. The highest BCUT2D eigenvalue weighted by molar-refractivity contribution is 7.09. The second kappa shape index (κ2) is 8.25. The van der Waals surface area contributed by atoms with Crippen molar-refractivity contribution in [2.45, 2.75) is 26.6 Å². The van der Waals surface area contributed by atoms with Gasteiger partial charge in [0, 0.05) is 25.0 Å². The zero-order valence-electron chi connectivity index (χ0n) is 15.2. The van der Waals surface area contributed by atoms with E-state index in [-0.39, 0.29) is 5.91 Å². The largest absolute Gasteiger partial charge is 0.359 e. The molecule has 0 fully saturated rings. The normalized spacial score (nSPS) is 11.1. The van der Waals surface area contributed by atoms with Crippen molar-refractivity contribution in [2.75, 3.05) is 14.1 Å². The van der Waals surface area contributed by atoms with Crippen LogP contribution >= 0.6 is 11.3 Å². The summed E-state index contributed by atoms with van der Waals surface area (Å²) < 4.78 is 5.35. The van der Waals surface area contributed by atoms with E-state index in [1.807, 2.05) is 37.6 Å². The Morgan fingerprint density at radius 3 is 2.62 bits per heavy atom. The molecule has 0 atom stereocenters. The van der Waals surface area contributed by atoms with Gasteiger partial charge in [-0.05, 0) is 19.5 Å². The van der Waals surface area contributed by atoms with Gasteiger partial charge in [0.25, 0.3) is 5.91 Å². The Hall–Kier alpha value is -2.51. The molecule has 2 aromatic heterocycles. The fraction of sp³-hybridized carbons (Fsp3) is 0.316. The second-order valence-corrected chi connectivity index (χ2v) is 7.42. The van der Waals surface area contributed by atoms with Crippen LogP contribution in [0.15, 0.2) is 46.3 Å². The molecule has 26 heavy (non-hydrogen) atoms. The Labute approximate surface area is 157 Å². The van der Waals surface area contributed by atoms with E-state index in [2.05, 4.69) is 27.2 Å². The van der Waals surface area contributed by atoms with Crippen molar-refractivity contribution in [1.82, 2.24) is 19.9 Å². The summed E-state index contributed by atoms with van der Waals surface area (Å²) in [4.78, 5) is 20.6. The molecular weight excluding hydrogens is 348 g/mol. The van der Waals surface area contributed by atoms with Crippen molar-refractivity contribution in [3.05, 3.63) is 69.5 Å². The predicted octanol–water partition coefficient (Wildman–Crippen LogP) is 3.34. The molecule has 0 aliphatic carbocycles. The van der Waals surface area contributed by atoms with Crippen molar-refractivity contribution in [2.24, 2.45) is 0 Å². The number of carbonyl (C=O) groups excluding carboxylic acids is 1. The van der Waals surface area contributed by atoms with Crippen molar-refractivity contribution >= 4 is 17.2 Å². The first-order valence-corrected chi connectivity index (χ1v) is 9.24. The monoisotopic (exact) mass is 370 g/mol. The van der Waals surface area contributed by atoms with Gasteiger partial charge in [0.05, 0.1) is 23.8 Å². The van der Waals surface area contributed by atoms with Gasteiger partial charge in [-0.3, -0.25) is 9.69 Å². The minimum atomic E-state index is -0.170. The lowest BCUT2D eigenvalue weighted by Gasteiger charge is -2.14. The van der Waals surface area contributed by atoms with E-state index in [0.29, 0.717) is 24.5 Å². The van der Waals surface area contributed by atoms with E-state index in [0.717, 1.165) is 17.2 Å². The topological polar surface area (TPSA) is 62.5 Å². The van der Waals surface area contributed by atoms with E-state index in [4.69, 9.17) is 4.52 Å². The van der Waals surface area contributed by atoms with Gasteiger partial charge in [0.1, 0.15) is 0 Å². The molecule has 0 aliphatic rings. The average molecular weight is 370 g/mol. The van der Waals surface area contributed by atoms with E-state index < -0.39 is 0 Å². The van der Waals surface area contributed by atoms with Crippen LogP contribution in [0.3, 0.4) is 0 Å². The molecule has 3 rings (SSSR count). The first-order valence-electron chi connectivity index (χ1n) is 8.36. The molecular formula is C19H22N4O2S. The number of carbonyl (C=O) groups is 1.